The fourth-order valence-corrected chi connectivity index (χ4v) is 2.20. The third-order valence-corrected chi connectivity index (χ3v) is 3.64. The van der Waals surface area contributed by atoms with Gasteiger partial charge in [0, 0.05) is 17.4 Å². The predicted molar refractivity (Wildman–Crippen MR) is 88.0 cm³/mol. The number of carbonyl (C=O) groups is 1. The maximum atomic E-state index is 11.9. The number of para-hydroxylation sites is 1. The van der Waals surface area contributed by atoms with Crippen molar-refractivity contribution in [2.75, 3.05) is 13.2 Å². The second-order valence-corrected chi connectivity index (χ2v) is 5.16. The molecule has 0 aliphatic carbocycles. The van der Waals surface area contributed by atoms with Crippen LogP contribution in [0.5, 0.6) is 5.75 Å². The molecule has 0 heterocycles. The summed E-state index contributed by atoms with van der Waals surface area (Å²) in [6, 6.07) is 17.2. The molecule has 0 fully saturated rings. The van der Waals surface area contributed by atoms with E-state index in [9.17, 15) is 4.79 Å². The largest absolute Gasteiger partial charge is 0.494 e. The number of nitrogens with one attached hydrogen (secondary N) is 1. The number of amides is 1. The van der Waals surface area contributed by atoms with Crippen LogP contribution in [0.2, 0.25) is 0 Å². The van der Waals surface area contributed by atoms with E-state index in [-0.39, 0.29) is 5.91 Å². The van der Waals surface area contributed by atoms with Crippen LogP contribution >= 0.6 is 15.9 Å². The van der Waals surface area contributed by atoms with E-state index in [1.807, 2.05) is 54.6 Å². The molecule has 0 atom stereocenters. The van der Waals surface area contributed by atoms with Gasteiger partial charge in [0.2, 0.25) is 0 Å². The first kappa shape index (κ1) is 15.6. The zero-order chi connectivity index (χ0) is 14.9. The van der Waals surface area contributed by atoms with Crippen molar-refractivity contribution in [3.05, 3.63) is 65.7 Å². The van der Waals surface area contributed by atoms with Crippen LogP contribution in [0.3, 0.4) is 0 Å². The molecule has 2 aromatic rings. The van der Waals surface area contributed by atoms with Crippen LogP contribution in [-0.2, 0) is 5.33 Å². The first-order chi connectivity index (χ1) is 10.3. The molecule has 3 nitrogen and oxygen atoms in total. The quantitative estimate of drug-likeness (QED) is 0.611. The highest BCUT2D eigenvalue weighted by molar-refractivity contribution is 9.08. The van der Waals surface area contributed by atoms with E-state index in [1.54, 1.807) is 0 Å². The fraction of sp³-hybridized carbons (Fsp3) is 0.235. The molecule has 1 amide bonds. The van der Waals surface area contributed by atoms with Crippen LogP contribution in [0.25, 0.3) is 0 Å². The molecule has 0 bridgehead atoms. The minimum absolute atomic E-state index is 0.0455. The van der Waals surface area contributed by atoms with Crippen LogP contribution in [-0.4, -0.2) is 19.1 Å². The van der Waals surface area contributed by atoms with Crippen LogP contribution in [0.1, 0.15) is 22.3 Å². The third-order valence-electron chi connectivity index (χ3n) is 2.99. The normalized spacial score (nSPS) is 10.1. The molecule has 0 aliphatic rings. The Balaban J connectivity index is 1.67. The topological polar surface area (TPSA) is 38.3 Å². The highest BCUT2D eigenvalue weighted by Crippen LogP contribution is 2.09. The molecule has 0 radical (unpaired) electrons. The van der Waals surface area contributed by atoms with Crippen molar-refractivity contribution in [2.45, 2.75) is 11.8 Å². The molecular weight excluding hydrogens is 330 g/mol. The van der Waals surface area contributed by atoms with Crippen LogP contribution in [0.4, 0.5) is 0 Å². The van der Waals surface area contributed by atoms with Crippen LogP contribution < -0.4 is 10.1 Å². The van der Waals surface area contributed by atoms with Gasteiger partial charge in [0.25, 0.3) is 5.91 Å². The van der Waals surface area contributed by atoms with Gasteiger partial charge in [-0.25, -0.2) is 0 Å². The van der Waals surface area contributed by atoms with Crippen molar-refractivity contribution >= 4 is 21.8 Å². The Bertz CT molecular complexity index is 555. The predicted octanol–water partition coefficient (Wildman–Crippen LogP) is 3.78. The van der Waals surface area contributed by atoms with Gasteiger partial charge in [0.05, 0.1) is 6.61 Å². The van der Waals surface area contributed by atoms with Gasteiger partial charge in [0.15, 0.2) is 0 Å². The molecule has 110 valence electrons. The number of carbonyl (C=O) groups excluding carboxylic acids is 1. The van der Waals surface area contributed by atoms with Crippen molar-refractivity contribution in [3.63, 3.8) is 0 Å². The summed E-state index contributed by atoms with van der Waals surface area (Å²) in [6.45, 7) is 1.19. The number of halogens is 1. The van der Waals surface area contributed by atoms with E-state index in [4.69, 9.17) is 4.74 Å². The Hall–Kier alpha value is -1.81. The average Bonchev–Trinajstić information content (AvgIpc) is 2.55. The Labute approximate surface area is 133 Å². The summed E-state index contributed by atoms with van der Waals surface area (Å²) >= 11 is 3.38. The zero-order valence-electron chi connectivity index (χ0n) is 11.7. The van der Waals surface area contributed by atoms with Crippen molar-refractivity contribution in [2.24, 2.45) is 0 Å². The number of ether oxygens (including phenoxy) is 1. The molecule has 2 rings (SSSR count). The van der Waals surface area contributed by atoms with E-state index < -0.39 is 0 Å². The van der Waals surface area contributed by atoms with Gasteiger partial charge in [-0.2, -0.15) is 0 Å². The smallest absolute Gasteiger partial charge is 0.251 e. The van der Waals surface area contributed by atoms with Gasteiger partial charge < -0.3 is 10.1 Å². The SMILES string of the molecule is O=C(NCCCOc1ccccc1)c1ccc(CBr)cc1. The van der Waals surface area contributed by atoms with Crippen molar-refractivity contribution in [1.82, 2.24) is 5.32 Å². The highest BCUT2D eigenvalue weighted by Gasteiger charge is 2.04. The lowest BCUT2D eigenvalue weighted by Gasteiger charge is -2.07. The van der Waals surface area contributed by atoms with E-state index in [0.29, 0.717) is 18.7 Å². The van der Waals surface area contributed by atoms with Gasteiger partial charge in [-0.05, 0) is 36.2 Å². The van der Waals surface area contributed by atoms with Crippen LogP contribution in [0.15, 0.2) is 54.6 Å². The minimum atomic E-state index is -0.0455. The molecule has 2 aromatic carbocycles. The van der Waals surface area contributed by atoms with Crippen molar-refractivity contribution in [3.8, 4) is 5.75 Å². The van der Waals surface area contributed by atoms with Gasteiger partial charge >= 0.3 is 0 Å². The second kappa shape index (κ2) is 8.47. The number of hydrogen-bond acceptors (Lipinski definition) is 2. The van der Waals surface area contributed by atoms with Crippen molar-refractivity contribution < 1.29 is 9.53 Å². The summed E-state index contributed by atoms with van der Waals surface area (Å²) in [5.74, 6) is 0.810. The van der Waals surface area contributed by atoms with E-state index in [2.05, 4.69) is 21.2 Å². The summed E-state index contributed by atoms with van der Waals surface area (Å²) in [7, 11) is 0. The lowest BCUT2D eigenvalue weighted by atomic mass is 10.1. The Morgan fingerprint density at radius 3 is 2.43 bits per heavy atom. The molecule has 0 unspecified atom stereocenters. The Kier molecular flexibility index (Phi) is 6.28. The number of benzene rings is 2. The maximum Gasteiger partial charge on any atom is 0.251 e. The lowest BCUT2D eigenvalue weighted by Crippen LogP contribution is -2.25. The second-order valence-electron chi connectivity index (χ2n) is 4.60. The fourth-order valence-electron chi connectivity index (χ4n) is 1.83. The molecule has 0 aliphatic heterocycles. The molecule has 0 spiro atoms. The molecule has 0 saturated heterocycles. The molecule has 4 heteroatoms. The molecule has 21 heavy (non-hydrogen) atoms. The highest BCUT2D eigenvalue weighted by atomic mass is 79.9. The summed E-state index contributed by atoms with van der Waals surface area (Å²) in [5, 5.41) is 3.69. The van der Waals surface area contributed by atoms with Crippen LogP contribution in [0, 0.1) is 0 Å². The minimum Gasteiger partial charge on any atom is -0.494 e. The summed E-state index contributed by atoms with van der Waals surface area (Å²) in [6.07, 6.45) is 0.778. The van der Waals surface area contributed by atoms with Crippen molar-refractivity contribution in [1.29, 1.82) is 0 Å². The van der Waals surface area contributed by atoms with Gasteiger partial charge in [-0.1, -0.05) is 46.3 Å². The summed E-state index contributed by atoms with van der Waals surface area (Å²) in [4.78, 5) is 11.9. The first-order valence-electron chi connectivity index (χ1n) is 6.90. The molecular formula is C17H18BrNO2. The monoisotopic (exact) mass is 347 g/mol. The number of hydrogen-bond donors (Lipinski definition) is 1. The number of rotatable bonds is 7. The van der Waals surface area contributed by atoms with Gasteiger partial charge in [0.1, 0.15) is 5.75 Å². The average molecular weight is 348 g/mol. The standard InChI is InChI=1S/C17H18BrNO2/c18-13-14-7-9-15(10-8-14)17(20)19-11-4-12-21-16-5-2-1-3-6-16/h1-3,5-10H,4,11-13H2,(H,19,20). The molecule has 1 N–H and O–H groups in total. The van der Waals surface area contributed by atoms with E-state index in [0.717, 1.165) is 23.1 Å². The van der Waals surface area contributed by atoms with Gasteiger partial charge in [-0.3, -0.25) is 4.79 Å². The zero-order valence-corrected chi connectivity index (χ0v) is 13.3. The summed E-state index contributed by atoms with van der Waals surface area (Å²) < 4.78 is 5.57. The van der Waals surface area contributed by atoms with E-state index in [1.165, 1.54) is 0 Å². The Morgan fingerprint density at radius 1 is 1.05 bits per heavy atom. The Morgan fingerprint density at radius 2 is 1.76 bits per heavy atom. The summed E-state index contributed by atoms with van der Waals surface area (Å²) in [5.41, 5.74) is 1.84. The third kappa shape index (κ3) is 5.23. The number of alkyl halides is 1. The van der Waals surface area contributed by atoms with Gasteiger partial charge in [-0.15, -0.1) is 0 Å². The van der Waals surface area contributed by atoms with E-state index >= 15 is 0 Å². The molecule has 0 aromatic heterocycles. The first-order valence-corrected chi connectivity index (χ1v) is 8.02. The molecule has 0 saturated carbocycles. The lowest BCUT2D eigenvalue weighted by molar-refractivity contribution is 0.0951. The maximum absolute atomic E-state index is 11.9.